The molecule has 7 heteroatoms. The molecule has 3 heterocycles. The predicted molar refractivity (Wildman–Crippen MR) is 117 cm³/mol. The average molecular weight is 471 g/mol. The van der Waals surface area contributed by atoms with E-state index in [4.69, 9.17) is 4.99 Å². The molecule has 136 valence electrons. The van der Waals surface area contributed by atoms with E-state index in [0.29, 0.717) is 0 Å². The summed E-state index contributed by atoms with van der Waals surface area (Å²) in [6, 6.07) is 10.4. The third kappa shape index (κ3) is 5.85. The minimum Gasteiger partial charge on any atom is -0.357 e. The molecule has 1 fully saturated rings. The van der Waals surface area contributed by atoms with Gasteiger partial charge in [0.05, 0.1) is 0 Å². The van der Waals surface area contributed by atoms with Gasteiger partial charge in [0.15, 0.2) is 5.96 Å². The van der Waals surface area contributed by atoms with E-state index < -0.39 is 0 Å². The van der Waals surface area contributed by atoms with Crippen LogP contribution >= 0.6 is 35.3 Å². The molecule has 3 rings (SSSR count). The summed E-state index contributed by atoms with van der Waals surface area (Å²) < 4.78 is 0. The molecule has 1 N–H and O–H groups in total. The van der Waals surface area contributed by atoms with Gasteiger partial charge in [0, 0.05) is 56.8 Å². The van der Waals surface area contributed by atoms with E-state index in [0.717, 1.165) is 57.5 Å². The van der Waals surface area contributed by atoms with Crippen LogP contribution in [0.1, 0.15) is 11.8 Å². The van der Waals surface area contributed by atoms with E-state index in [1.807, 2.05) is 18.3 Å². The Labute approximate surface area is 171 Å². The molecule has 0 atom stereocenters. The fourth-order valence-corrected chi connectivity index (χ4v) is 3.54. The number of hydrogen-bond donors (Lipinski definition) is 1. The van der Waals surface area contributed by atoms with Gasteiger partial charge in [0.1, 0.15) is 5.82 Å². The van der Waals surface area contributed by atoms with Crippen molar-refractivity contribution in [3.8, 4) is 0 Å². The number of aliphatic imine (C=N–C) groups is 1. The second-order valence-electron chi connectivity index (χ2n) is 5.73. The Morgan fingerprint density at radius 1 is 1.20 bits per heavy atom. The van der Waals surface area contributed by atoms with Gasteiger partial charge in [-0.1, -0.05) is 12.1 Å². The Balaban J connectivity index is 0.00000225. The summed E-state index contributed by atoms with van der Waals surface area (Å²) in [4.78, 5) is 15.4. The van der Waals surface area contributed by atoms with Crippen LogP contribution in [0.25, 0.3) is 0 Å². The number of nitrogens with zero attached hydrogens (tertiary/aromatic N) is 4. The average Bonchev–Trinajstić information content (AvgIpc) is 3.15. The smallest absolute Gasteiger partial charge is 0.194 e. The lowest BCUT2D eigenvalue weighted by atomic mass is 10.3. The molecule has 5 nitrogen and oxygen atoms in total. The van der Waals surface area contributed by atoms with Gasteiger partial charge in [0.25, 0.3) is 0 Å². The van der Waals surface area contributed by atoms with Crippen LogP contribution in [0.15, 0.2) is 46.9 Å². The van der Waals surface area contributed by atoms with Crippen molar-refractivity contribution in [2.24, 2.45) is 4.99 Å². The molecule has 0 aromatic carbocycles. The van der Waals surface area contributed by atoms with Crippen molar-refractivity contribution in [1.29, 1.82) is 0 Å². The van der Waals surface area contributed by atoms with Crippen LogP contribution in [0.4, 0.5) is 5.82 Å². The van der Waals surface area contributed by atoms with Gasteiger partial charge in [-0.25, -0.2) is 4.98 Å². The molecule has 25 heavy (non-hydrogen) atoms. The van der Waals surface area contributed by atoms with E-state index in [1.165, 1.54) is 4.88 Å². The van der Waals surface area contributed by atoms with Gasteiger partial charge in [-0.2, -0.15) is 0 Å². The molecule has 0 amide bonds. The number of hydrogen-bond acceptors (Lipinski definition) is 4. The van der Waals surface area contributed by atoms with Crippen LogP contribution in [0.3, 0.4) is 0 Å². The molecule has 0 unspecified atom stereocenters. The topological polar surface area (TPSA) is 43.8 Å². The Morgan fingerprint density at radius 2 is 2.04 bits per heavy atom. The first kappa shape index (κ1) is 20.0. The van der Waals surface area contributed by atoms with Crippen LogP contribution in [0.2, 0.25) is 0 Å². The molecule has 0 aliphatic carbocycles. The molecule has 0 saturated carbocycles. The SMILES string of the molecule is CCNC(=NCCc1cccs1)N1CCN(c2ccccn2)CC1.I. The van der Waals surface area contributed by atoms with Crippen LogP contribution in [-0.2, 0) is 6.42 Å². The number of nitrogens with one attached hydrogen (secondary N) is 1. The maximum absolute atomic E-state index is 4.81. The number of aromatic nitrogens is 1. The van der Waals surface area contributed by atoms with Crippen molar-refractivity contribution in [3.05, 3.63) is 46.8 Å². The number of halogens is 1. The number of guanidine groups is 1. The lowest BCUT2D eigenvalue weighted by Gasteiger charge is -2.37. The van der Waals surface area contributed by atoms with Gasteiger partial charge in [-0.15, -0.1) is 35.3 Å². The maximum atomic E-state index is 4.81. The van der Waals surface area contributed by atoms with Crippen molar-refractivity contribution in [3.63, 3.8) is 0 Å². The first-order valence-corrected chi connectivity index (χ1v) is 9.46. The zero-order chi connectivity index (χ0) is 16.6. The van der Waals surface area contributed by atoms with E-state index in [-0.39, 0.29) is 24.0 Å². The molecule has 1 saturated heterocycles. The number of anilines is 1. The molecule has 0 radical (unpaired) electrons. The van der Waals surface area contributed by atoms with Gasteiger partial charge < -0.3 is 15.1 Å². The number of rotatable bonds is 5. The molecule has 2 aromatic rings. The van der Waals surface area contributed by atoms with E-state index in [1.54, 1.807) is 11.3 Å². The highest BCUT2D eigenvalue weighted by Gasteiger charge is 2.20. The molecule has 0 spiro atoms. The standard InChI is InChI=1S/C18H25N5S.HI/c1-2-19-18(21-10-8-16-6-5-15-24-16)23-13-11-22(12-14-23)17-7-3-4-9-20-17;/h3-7,9,15H,2,8,10-14H2,1H3,(H,19,21);1H. The zero-order valence-electron chi connectivity index (χ0n) is 14.6. The third-order valence-corrected chi connectivity index (χ3v) is 5.02. The van der Waals surface area contributed by atoms with E-state index >= 15 is 0 Å². The number of thiophene rings is 1. The number of pyridine rings is 1. The van der Waals surface area contributed by atoms with Crippen LogP contribution in [-0.4, -0.2) is 55.1 Å². The van der Waals surface area contributed by atoms with Crippen molar-refractivity contribution in [2.45, 2.75) is 13.3 Å². The first-order valence-electron chi connectivity index (χ1n) is 8.58. The van der Waals surface area contributed by atoms with Crippen LogP contribution < -0.4 is 10.2 Å². The highest BCUT2D eigenvalue weighted by atomic mass is 127. The first-order chi connectivity index (χ1) is 11.9. The van der Waals surface area contributed by atoms with Gasteiger partial charge in [-0.05, 0) is 30.5 Å². The van der Waals surface area contributed by atoms with Crippen molar-refractivity contribution < 1.29 is 0 Å². The van der Waals surface area contributed by atoms with Crippen molar-refractivity contribution >= 4 is 47.1 Å². The van der Waals surface area contributed by atoms with Crippen LogP contribution in [0, 0.1) is 0 Å². The Hall–Kier alpha value is -1.35. The van der Waals surface area contributed by atoms with E-state index in [2.05, 4.69) is 50.6 Å². The van der Waals surface area contributed by atoms with Gasteiger partial charge in [-0.3, -0.25) is 4.99 Å². The summed E-state index contributed by atoms with van der Waals surface area (Å²) in [6.45, 7) is 7.77. The molecule has 1 aliphatic rings. The van der Waals surface area contributed by atoms with Crippen molar-refractivity contribution in [2.75, 3.05) is 44.2 Å². The summed E-state index contributed by atoms with van der Waals surface area (Å²) in [6.07, 6.45) is 2.87. The second kappa shape index (κ2) is 10.6. The summed E-state index contributed by atoms with van der Waals surface area (Å²) in [7, 11) is 0. The Bertz CT molecular complexity index is 624. The highest BCUT2D eigenvalue weighted by Crippen LogP contribution is 2.13. The minimum absolute atomic E-state index is 0. The molecule has 0 bridgehead atoms. The van der Waals surface area contributed by atoms with E-state index in [9.17, 15) is 0 Å². The summed E-state index contributed by atoms with van der Waals surface area (Å²) >= 11 is 1.80. The summed E-state index contributed by atoms with van der Waals surface area (Å²) in [5.74, 6) is 2.10. The quantitative estimate of drug-likeness (QED) is 0.414. The van der Waals surface area contributed by atoms with Gasteiger partial charge >= 0.3 is 0 Å². The molecular weight excluding hydrogens is 445 g/mol. The zero-order valence-corrected chi connectivity index (χ0v) is 17.7. The Kier molecular flexibility index (Phi) is 8.47. The summed E-state index contributed by atoms with van der Waals surface area (Å²) in [5, 5.41) is 5.56. The summed E-state index contributed by atoms with van der Waals surface area (Å²) in [5.41, 5.74) is 0. The molecular formula is C18H26IN5S. The minimum atomic E-state index is 0. The fourth-order valence-electron chi connectivity index (χ4n) is 2.84. The van der Waals surface area contributed by atoms with Crippen molar-refractivity contribution in [1.82, 2.24) is 15.2 Å². The van der Waals surface area contributed by atoms with Gasteiger partial charge in [0.2, 0.25) is 0 Å². The molecule has 1 aliphatic heterocycles. The van der Waals surface area contributed by atoms with Crippen LogP contribution in [0.5, 0.6) is 0 Å². The predicted octanol–water partition coefficient (Wildman–Crippen LogP) is 3.09. The monoisotopic (exact) mass is 471 g/mol. The highest BCUT2D eigenvalue weighted by molar-refractivity contribution is 14.0. The molecule has 2 aromatic heterocycles. The lowest BCUT2D eigenvalue weighted by molar-refractivity contribution is 0.371. The maximum Gasteiger partial charge on any atom is 0.194 e. The number of piperazine rings is 1. The normalized spacial score (nSPS) is 15.0. The third-order valence-electron chi connectivity index (χ3n) is 4.09. The second-order valence-corrected chi connectivity index (χ2v) is 6.76. The Morgan fingerprint density at radius 3 is 2.68 bits per heavy atom. The fraction of sp³-hybridized carbons (Fsp3) is 0.444. The lowest BCUT2D eigenvalue weighted by Crippen LogP contribution is -2.52. The largest absolute Gasteiger partial charge is 0.357 e.